The fourth-order valence-electron chi connectivity index (χ4n) is 3.10. The Bertz CT molecular complexity index is 994. The van der Waals surface area contributed by atoms with Crippen molar-refractivity contribution in [3.8, 4) is 11.5 Å². The molecular formula is C22H32IN3O4S. The highest BCUT2D eigenvalue weighted by Crippen LogP contribution is 2.27. The van der Waals surface area contributed by atoms with Crippen LogP contribution in [0.2, 0.25) is 0 Å². The number of sulfone groups is 1. The van der Waals surface area contributed by atoms with Crippen molar-refractivity contribution in [1.29, 1.82) is 0 Å². The fraction of sp³-hybridized carbons (Fsp3) is 0.409. The monoisotopic (exact) mass is 561 g/mol. The van der Waals surface area contributed by atoms with Gasteiger partial charge in [-0.15, -0.1) is 24.0 Å². The number of aliphatic imine (C=N–C) groups is 1. The van der Waals surface area contributed by atoms with E-state index in [0.717, 1.165) is 29.7 Å². The first kappa shape index (κ1) is 27.0. The molecule has 0 fully saturated rings. The molecule has 0 saturated carbocycles. The van der Waals surface area contributed by atoms with Gasteiger partial charge in [-0.3, -0.25) is 0 Å². The molecule has 7 nitrogen and oxygen atoms in total. The van der Waals surface area contributed by atoms with Crippen molar-refractivity contribution in [1.82, 2.24) is 10.6 Å². The fourth-order valence-corrected chi connectivity index (χ4v) is 4.06. The number of methoxy groups -OCH3 is 2. The van der Waals surface area contributed by atoms with Crippen molar-refractivity contribution in [2.24, 2.45) is 4.99 Å². The van der Waals surface area contributed by atoms with Gasteiger partial charge in [-0.25, -0.2) is 13.4 Å². The van der Waals surface area contributed by atoms with Crippen LogP contribution in [0.25, 0.3) is 0 Å². The smallest absolute Gasteiger partial charge is 0.191 e. The maximum Gasteiger partial charge on any atom is 0.191 e. The molecule has 2 aromatic rings. The molecule has 9 heteroatoms. The lowest BCUT2D eigenvalue weighted by molar-refractivity contribution is 0.354. The van der Waals surface area contributed by atoms with E-state index < -0.39 is 9.84 Å². The van der Waals surface area contributed by atoms with E-state index in [1.165, 1.54) is 6.26 Å². The second kappa shape index (κ2) is 12.7. The summed E-state index contributed by atoms with van der Waals surface area (Å²) in [5, 5.41) is 6.56. The third-order valence-electron chi connectivity index (χ3n) is 4.56. The molecule has 0 atom stereocenters. The highest BCUT2D eigenvalue weighted by atomic mass is 127. The molecule has 31 heavy (non-hydrogen) atoms. The third-order valence-corrected chi connectivity index (χ3v) is 5.81. The zero-order valence-electron chi connectivity index (χ0n) is 18.7. The summed E-state index contributed by atoms with van der Waals surface area (Å²) in [6.07, 6.45) is 2.02. The molecule has 172 valence electrons. The van der Waals surface area contributed by atoms with Crippen LogP contribution in [-0.2, 0) is 22.8 Å². The Labute approximate surface area is 202 Å². The van der Waals surface area contributed by atoms with Crippen molar-refractivity contribution in [2.45, 2.75) is 31.7 Å². The lowest BCUT2D eigenvalue weighted by Gasteiger charge is -2.13. The first-order chi connectivity index (χ1) is 14.3. The van der Waals surface area contributed by atoms with Crippen LogP contribution < -0.4 is 20.1 Å². The first-order valence-corrected chi connectivity index (χ1v) is 11.7. The largest absolute Gasteiger partial charge is 0.493 e. The molecular weight excluding hydrogens is 529 g/mol. The summed E-state index contributed by atoms with van der Waals surface area (Å²) in [5.74, 6) is 2.13. The second-order valence-corrected chi connectivity index (χ2v) is 8.92. The number of guanidine groups is 1. The molecule has 0 aliphatic heterocycles. The van der Waals surface area contributed by atoms with Gasteiger partial charge >= 0.3 is 0 Å². The average molecular weight is 561 g/mol. The number of aryl methyl sites for hydroxylation is 1. The zero-order valence-corrected chi connectivity index (χ0v) is 21.8. The summed E-state index contributed by atoms with van der Waals surface area (Å²) in [6.45, 7) is 5.71. The van der Waals surface area contributed by atoms with Gasteiger partial charge in [0.1, 0.15) is 0 Å². The van der Waals surface area contributed by atoms with Crippen LogP contribution in [0.5, 0.6) is 11.5 Å². The Kier molecular flexibility index (Phi) is 11.1. The summed E-state index contributed by atoms with van der Waals surface area (Å²) in [7, 11) is 0.0291. The quantitative estimate of drug-likeness (QED) is 0.278. The van der Waals surface area contributed by atoms with E-state index >= 15 is 0 Å². The summed E-state index contributed by atoms with van der Waals surface area (Å²) in [5.41, 5.74) is 2.82. The van der Waals surface area contributed by atoms with Gasteiger partial charge < -0.3 is 20.1 Å². The van der Waals surface area contributed by atoms with Crippen LogP contribution in [0.3, 0.4) is 0 Å². The van der Waals surface area contributed by atoms with Gasteiger partial charge in [0.25, 0.3) is 0 Å². The number of rotatable bonds is 9. The number of benzene rings is 2. The lowest BCUT2D eigenvalue weighted by Crippen LogP contribution is -2.38. The van der Waals surface area contributed by atoms with Crippen molar-refractivity contribution in [3.63, 3.8) is 0 Å². The van der Waals surface area contributed by atoms with Crippen molar-refractivity contribution >= 4 is 39.8 Å². The highest BCUT2D eigenvalue weighted by Gasteiger charge is 2.11. The molecule has 0 radical (unpaired) electrons. The van der Waals surface area contributed by atoms with Crippen LogP contribution in [0.4, 0.5) is 0 Å². The highest BCUT2D eigenvalue weighted by molar-refractivity contribution is 14.0. The van der Waals surface area contributed by atoms with Gasteiger partial charge in [-0.2, -0.15) is 0 Å². The molecule has 0 amide bonds. The second-order valence-electron chi connectivity index (χ2n) is 6.93. The maximum absolute atomic E-state index is 11.8. The SMILES string of the molecule is CCNC(=NCc1ccc(S(C)(=O)=O)c(C)c1)NCCc1ccc(OC)c(OC)c1.I. The van der Waals surface area contributed by atoms with E-state index in [-0.39, 0.29) is 24.0 Å². The lowest BCUT2D eigenvalue weighted by atomic mass is 10.1. The molecule has 2 aromatic carbocycles. The molecule has 2 rings (SSSR count). The van der Waals surface area contributed by atoms with Gasteiger partial charge in [-0.1, -0.05) is 18.2 Å². The number of hydrogen-bond donors (Lipinski definition) is 2. The minimum Gasteiger partial charge on any atom is -0.493 e. The Morgan fingerprint density at radius 2 is 1.68 bits per heavy atom. The van der Waals surface area contributed by atoms with Gasteiger partial charge in [-0.05, 0) is 55.2 Å². The van der Waals surface area contributed by atoms with E-state index in [1.807, 2.05) is 31.2 Å². The molecule has 0 spiro atoms. The number of halogens is 1. The van der Waals surface area contributed by atoms with Crippen molar-refractivity contribution in [2.75, 3.05) is 33.6 Å². The van der Waals surface area contributed by atoms with Crippen molar-refractivity contribution < 1.29 is 17.9 Å². The van der Waals surface area contributed by atoms with E-state index in [9.17, 15) is 8.42 Å². The van der Waals surface area contributed by atoms with Crippen LogP contribution in [0, 0.1) is 6.92 Å². The molecule has 0 saturated heterocycles. The first-order valence-electron chi connectivity index (χ1n) is 9.81. The van der Waals surface area contributed by atoms with Gasteiger partial charge in [0.15, 0.2) is 27.3 Å². The summed E-state index contributed by atoms with van der Waals surface area (Å²) >= 11 is 0. The van der Waals surface area contributed by atoms with Gasteiger partial charge in [0, 0.05) is 19.3 Å². The molecule has 0 bridgehead atoms. The Balaban J connectivity index is 0.00000480. The average Bonchev–Trinajstić information content (AvgIpc) is 2.70. The van der Waals surface area contributed by atoms with Crippen LogP contribution >= 0.6 is 24.0 Å². The number of nitrogens with zero attached hydrogens (tertiary/aromatic N) is 1. The Morgan fingerprint density at radius 3 is 2.26 bits per heavy atom. The Hall–Kier alpha value is -2.01. The number of nitrogens with one attached hydrogen (secondary N) is 2. The summed E-state index contributed by atoms with van der Waals surface area (Å²) < 4.78 is 34.2. The standard InChI is InChI=1S/C22H31N3O4S.HI/c1-6-23-22(24-12-11-17-7-9-19(28-3)20(14-17)29-4)25-15-18-8-10-21(16(2)13-18)30(5,26)27;/h7-10,13-14H,6,11-12,15H2,1-5H3,(H2,23,24,25);1H. The summed E-state index contributed by atoms with van der Waals surface area (Å²) in [6, 6.07) is 11.2. The van der Waals surface area contributed by atoms with Gasteiger partial charge in [0.2, 0.25) is 0 Å². The minimum atomic E-state index is -3.22. The molecule has 0 heterocycles. The van der Waals surface area contributed by atoms with Gasteiger partial charge in [0.05, 0.1) is 25.7 Å². The van der Waals surface area contributed by atoms with Crippen LogP contribution in [0.15, 0.2) is 46.3 Å². The minimum absolute atomic E-state index is 0. The molecule has 2 N–H and O–H groups in total. The molecule has 0 aliphatic carbocycles. The molecule has 0 unspecified atom stereocenters. The predicted molar refractivity (Wildman–Crippen MR) is 136 cm³/mol. The predicted octanol–water partition coefficient (Wildman–Crippen LogP) is 3.33. The maximum atomic E-state index is 11.8. The topological polar surface area (TPSA) is 89.0 Å². The third kappa shape index (κ3) is 8.21. The van der Waals surface area contributed by atoms with Crippen molar-refractivity contribution in [3.05, 3.63) is 53.1 Å². The normalized spacial score (nSPS) is 11.5. The van der Waals surface area contributed by atoms with Crippen LogP contribution in [-0.4, -0.2) is 47.9 Å². The summed E-state index contributed by atoms with van der Waals surface area (Å²) in [4.78, 5) is 4.97. The van der Waals surface area contributed by atoms with E-state index in [0.29, 0.717) is 35.4 Å². The van der Waals surface area contributed by atoms with Crippen LogP contribution in [0.1, 0.15) is 23.6 Å². The Morgan fingerprint density at radius 1 is 1.00 bits per heavy atom. The molecule has 0 aliphatic rings. The molecule has 0 aromatic heterocycles. The number of hydrogen-bond acceptors (Lipinski definition) is 5. The number of ether oxygens (including phenoxy) is 2. The van der Waals surface area contributed by atoms with E-state index in [1.54, 1.807) is 33.3 Å². The van der Waals surface area contributed by atoms with E-state index in [2.05, 4.69) is 15.6 Å². The zero-order chi connectivity index (χ0) is 22.1. The van der Waals surface area contributed by atoms with E-state index in [4.69, 9.17) is 9.47 Å².